The maximum absolute atomic E-state index is 10.5. The standard InChI is InChI=1S/C15H20O2/c1-11-5-6-12(2)13(9-11)10-15(3,4)8-7-14(16)17/h5-9H,10H2,1-4H3,(H,16,17)/b8-7+. The van der Waals surface area contributed by atoms with Gasteiger partial charge in [0.05, 0.1) is 0 Å². The zero-order chi connectivity index (χ0) is 13.1. The summed E-state index contributed by atoms with van der Waals surface area (Å²) in [6.07, 6.45) is 3.84. The average Bonchev–Trinajstić information content (AvgIpc) is 2.20. The second-order valence-corrected chi connectivity index (χ2v) is 5.27. The van der Waals surface area contributed by atoms with Crippen LogP contribution in [-0.2, 0) is 11.2 Å². The molecule has 0 heterocycles. The molecule has 0 saturated heterocycles. The van der Waals surface area contributed by atoms with Crippen molar-refractivity contribution in [2.75, 3.05) is 0 Å². The Hall–Kier alpha value is -1.57. The molecule has 0 aliphatic heterocycles. The number of carboxylic acids is 1. The Bertz CT molecular complexity index is 442. The predicted molar refractivity (Wildman–Crippen MR) is 70.2 cm³/mol. The second kappa shape index (κ2) is 5.17. The zero-order valence-corrected chi connectivity index (χ0v) is 10.9. The molecule has 92 valence electrons. The lowest BCUT2D eigenvalue weighted by Gasteiger charge is -2.21. The molecule has 0 bridgehead atoms. The Morgan fingerprint density at radius 1 is 1.35 bits per heavy atom. The van der Waals surface area contributed by atoms with Gasteiger partial charge in [0.2, 0.25) is 0 Å². The maximum Gasteiger partial charge on any atom is 0.327 e. The number of aryl methyl sites for hydroxylation is 2. The van der Waals surface area contributed by atoms with Gasteiger partial charge in [-0.2, -0.15) is 0 Å². The van der Waals surface area contributed by atoms with E-state index in [9.17, 15) is 4.79 Å². The predicted octanol–water partition coefficient (Wildman–Crippen LogP) is 3.51. The number of rotatable bonds is 4. The molecule has 0 aliphatic carbocycles. The van der Waals surface area contributed by atoms with Crippen LogP contribution < -0.4 is 0 Å². The second-order valence-electron chi connectivity index (χ2n) is 5.27. The van der Waals surface area contributed by atoms with Gasteiger partial charge in [0.1, 0.15) is 0 Å². The largest absolute Gasteiger partial charge is 0.478 e. The third-order valence-electron chi connectivity index (χ3n) is 2.83. The van der Waals surface area contributed by atoms with Gasteiger partial charge in [-0.05, 0) is 36.8 Å². The van der Waals surface area contributed by atoms with Crippen LogP contribution in [0.4, 0.5) is 0 Å². The summed E-state index contributed by atoms with van der Waals surface area (Å²) in [7, 11) is 0. The van der Waals surface area contributed by atoms with Gasteiger partial charge in [0.15, 0.2) is 0 Å². The summed E-state index contributed by atoms with van der Waals surface area (Å²) in [6.45, 7) is 8.26. The minimum absolute atomic E-state index is 0.142. The van der Waals surface area contributed by atoms with Crippen molar-refractivity contribution in [1.82, 2.24) is 0 Å². The highest BCUT2D eigenvalue weighted by Crippen LogP contribution is 2.25. The van der Waals surface area contributed by atoms with Crippen LogP contribution in [0, 0.1) is 19.3 Å². The van der Waals surface area contributed by atoms with Gasteiger partial charge in [0.25, 0.3) is 0 Å². The number of benzene rings is 1. The number of hydrogen-bond acceptors (Lipinski definition) is 1. The van der Waals surface area contributed by atoms with Crippen LogP contribution in [-0.4, -0.2) is 11.1 Å². The SMILES string of the molecule is Cc1ccc(C)c(CC(C)(C)/C=C/C(=O)O)c1. The monoisotopic (exact) mass is 232 g/mol. The molecule has 0 fully saturated rings. The van der Waals surface area contributed by atoms with Gasteiger partial charge >= 0.3 is 5.97 Å². The van der Waals surface area contributed by atoms with Gasteiger partial charge in [-0.15, -0.1) is 0 Å². The van der Waals surface area contributed by atoms with Gasteiger partial charge in [0, 0.05) is 6.08 Å². The van der Waals surface area contributed by atoms with Crippen molar-refractivity contribution in [3.05, 3.63) is 47.0 Å². The van der Waals surface area contributed by atoms with Crippen molar-refractivity contribution in [3.8, 4) is 0 Å². The zero-order valence-electron chi connectivity index (χ0n) is 10.9. The van der Waals surface area contributed by atoms with E-state index in [1.165, 1.54) is 22.8 Å². The summed E-state index contributed by atoms with van der Waals surface area (Å²) < 4.78 is 0. The normalized spacial score (nSPS) is 12.0. The Labute approximate surface area is 103 Å². The van der Waals surface area contributed by atoms with Crippen molar-refractivity contribution < 1.29 is 9.90 Å². The summed E-state index contributed by atoms with van der Waals surface area (Å²) in [4.78, 5) is 10.5. The molecule has 2 heteroatoms. The van der Waals surface area contributed by atoms with E-state index in [4.69, 9.17) is 5.11 Å². The maximum atomic E-state index is 10.5. The van der Waals surface area contributed by atoms with Crippen LogP contribution >= 0.6 is 0 Å². The summed E-state index contributed by atoms with van der Waals surface area (Å²) in [5, 5.41) is 8.65. The summed E-state index contributed by atoms with van der Waals surface area (Å²) in [5.74, 6) is -0.890. The van der Waals surface area contributed by atoms with E-state index in [1.807, 2.05) is 13.8 Å². The molecule has 1 rings (SSSR count). The first-order valence-electron chi connectivity index (χ1n) is 5.78. The molecule has 2 nitrogen and oxygen atoms in total. The van der Waals surface area contributed by atoms with E-state index in [0.29, 0.717) is 0 Å². The highest BCUT2D eigenvalue weighted by atomic mass is 16.4. The van der Waals surface area contributed by atoms with Crippen molar-refractivity contribution in [2.45, 2.75) is 34.1 Å². The fourth-order valence-corrected chi connectivity index (χ4v) is 1.84. The van der Waals surface area contributed by atoms with Crippen LogP contribution in [0.3, 0.4) is 0 Å². The lowest BCUT2D eigenvalue weighted by atomic mass is 9.83. The molecule has 1 aromatic rings. The molecule has 0 atom stereocenters. The first-order valence-corrected chi connectivity index (χ1v) is 5.78. The molecule has 0 aromatic heterocycles. The van der Waals surface area contributed by atoms with E-state index in [-0.39, 0.29) is 5.41 Å². The van der Waals surface area contributed by atoms with Crippen LogP contribution in [0.5, 0.6) is 0 Å². The van der Waals surface area contributed by atoms with E-state index in [1.54, 1.807) is 6.08 Å². The lowest BCUT2D eigenvalue weighted by molar-refractivity contribution is -0.131. The number of allylic oxidation sites excluding steroid dienone is 1. The Morgan fingerprint density at radius 3 is 2.59 bits per heavy atom. The number of aliphatic carboxylic acids is 1. The summed E-state index contributed by atoms with van der Waals surface area (Å²) in [5.41, 5.74) is 3.64. The Kier molecular flexibility index (Phi) is 4.11. The third kappa shape index (κ3) is 4.43. The van der Waals surface area contributed by atoms with E-state index in [0.717, 1.165) is 6.42 Å². The molecule has 1 N–H and O–H groups in total. The smallest absolute Gasteiger partial charge is 0.327 e. The van der Waals surface area contributed by atoms with E-state index >= 15 is 0 Å². The van der Waals surface area contributed by atoms with Gasteiger partial charge < -0.3 is 5.11 Å². The van der Waals surface area contributed by atoms with Crippen LogP contribution in [0.2, 0.25) is 0 Å². The third-order valence-corrected chi connectivity index (χ3v) is 2.83. The topological polar surface area (TPSA) is 37.3 Å². The molecule has 0 amide bonds. The first-order chi connectivity index (χ1) is 7.80. The van der Waals surface area contributed by atoms with Crippen molar-refractivity contribution in [2.24, 2.45) is 5.41 Å². The van der Waals surface area contributed by atoms with Crippen LogP contribution in [0.15, 0.2) is 30.4 Å². The van der Waals surface area contributed by atoms with Crippen molar-refractivity contribution in [1.29, 1.82) is 0 Å². The number of carboxylic acid groups (broad SMARTS) is 1. The molecule has 0 spiro atoms. The molecule has 0 saturated carbocycles. The molecular weight excluding hydrogens is 212 g/mol. The van der Waals surface area contributed by atoms with E-state index < -0.39 is 5.97 Å². The molecule has 0 aliphatic rings. The average molecular weight is 232 g/mol. The Morgan fingerprint density at radius 2 is 2.00 bits per heavy atom. The van der Waals surface area contributed by atoms with Crippen molar-refractivity contribution >= 4 is 5.97 Å². The molecule has 17 heavy (non-hydrogen) atoms. The van der Waals surface area contributed by atoms with Crippen molar-refractivity contribution in [3.63, 3.8) is 0 Å². The highest BCUT2D eigenvalue weighted by molar-refractivity contribution is 5.79. The minimum atomic E-state index is -0.890. The number of carbonyl (C=O) groups is 1. The van der Waals surface area contributed by atoms with Gasteiger partial charge in [-0.25, -0.2) is 4.79 Å². The first kappa shape index (κ1) is 13.5. The summed E-state index contributed by atoms with van der Waals surface area (Å²) >= 11 is 0. The minimum Gasteiger partial charge on any atom is -0.478 e. The lowest BCUT2D eigenvalue weighted by Crippen LogP contribution is -2.13. The fourth-order valence-electron chi connectivity index (χ4n) is 1.84. The molecular formula is C15H20O2. The van der Waals surface area contributed by atoms with Crippen LogP contribution in [0.25, 0.3) is 0 Å². The highest BCUT2D eigenvalue weighted by Gasteiger charge is 2.16. The van der Waals surface area contributed by atoms with Gasteiger partial charge in [-0.3, -0.25) is 0 Å². The Balaban J connectivity index is 2.89. The van der Waals surface area contributed by atoms with Gasteiger partial charge in [-0.1, -0.05) is 43.7 Å². The number of hydrogen-bond donors (Lipinski definition) is 1. The molecule has 1 aromatic carbocycles. The quantitative estimate of drug-likeness (QED) is 0.806. The van der Waals surface area contributed by atoms with Crippen LogP contribution in [0.1, 0.15) is 30.5 Å². The molecule has 0 unspecified atom stereocenters. The summed E-state index contributed by atoms with van der Waals surface area (Å²) in [6, 6.07) is 6.38. The molecule has 0 radical (unpaired) electrons. The van der Waals surface area contributed by atoms with E-state index in [2.05, 4.69) is 32.0 Å². The fraction of sp³-hybridized carbons (Fsp3) is 0.400.